The minimum atomic E-state index is -0.404. The molecule has 0 bridgehead atoms. The van der Waals surface area contributed by atoms with Crippen LogP contribution in [-0.4, -0.2) is 18.1 Å². The molecule has 0 saturated carbocycles. The molecule has 0 aliphatic heterocycles. The molecule has 2 rings (SSSR count). The van der Waals surface area contributed by atoms with E-state index in [0.717, 1.165) is 5.56 Å². The lowest BCUT2D eigenvalue weighted by Gasteiger charge is -2.11. The number of aryl methyl sites for hydroxylation is 1. The number of aromatic hydroxyl groups is 1. The first-order chi connectivity index (χ1) is 9.11. The minimum absolute atomic E-state index is 0.0807. The van der Waals surface area contributed by atoms with Gasteiger partial charge in [0, 0.05) is 0 Å². The molecule has 4 heteroatoms. The quantitative estimate of drug-likeness (QED) is 0.887. The topological polar surface area (TPSA) is 58.6 Å². The third kappa shape index (κ3) is 2.85. The molecule has 0 spiro atoms. The van der Waals surface area contributed by atoms with Crippen LogP contribution in [0, 0.1) is 13.0 Å². The van der Waals surface area contributed by atoms with Gasteiger partial charge in [-0.2, -0.15) is 0 Å². The summed E-state index contributed by atoms with van der Waals surface area (Å²) in [5.74, 6) is 0.0828. The number of anilines is 1. The van der Waals surface area contributed by atoms with Crippen LogP contribution < -0.4 is 10.1 Å². The van der Waals surface area contributed by atoms with E-state index in [0.29, 0.717) is 11.4 Å². The van der Waals surface area contributed by atoms with Crippen LogP contribution in [0.1, 0.15) is 15.9 Å². The zero-order valence-corrected chi connectivity index (χ0v) is 10.7. The molecule has 0 aliphatic rings. The zero-order valence-electron chi connectivity index (χ0n) is 10.7. The van der Waals surface area contributed by atoms with E-state index in [-0.39, 0.29) is 11.3 Å². The maximum atomic E-state index is 12.1. The molecular formula is C15H14NO3. The molecule has 1 radical (unpaired) electrons. The lowest BCUT2D eigenvalue weighted by atomic mass is 10.1. The molecule has 2 aromatic carbocycles. The summed E-state index contributed by atoms with van der Waals surface area (Å²) in [6.45, 7) is 1.92. The largest absolute Gasteiger partial charge is 0.507 e. The standard InChI is InChI=1S/C15H14NO3/c1-10-7-8-14(19-2)12(9-10)16-15(18)11-5-3-4-6-13(11)17/h4-9,17H,1-2H3,(H,16,18). The molecule has 0 aliphatic carbocycles. The highest BCUT2D eigenvalue weighted by Gasteiger charge is 2.13. The highest BCUT2D eigenvalue weighted by atomic mass is 16.5. The monoisotopic (exact) mass is 256 g/mol. The van der Waals surface area contributed by atoms with Gasteiger partial charge in [-0.3, -0.25) is 4.79 Å². The number of carbonyl (C=O) groups excluding carboxylic acids is 1. The van der Waals surface area contributed by atoms with Crippen LogP contribution in [0.15, 0.2) is 36.4 Å². The molecule has 2 N–H and O–H groups in total. The van der Waals surface area contributed by atoms with Gasteiger partial charge in [-0.25, -0.2) is 0 Å². The molecular weight excluding hydrogens is 242 g/mol. The van der Waals surface area contributed by atoms with Crippen LogP contribution in [0.2, 0.25) is 0 Å². The van der Waals surface area contributed by atoms with Gasteiger partial charge in [0.15, 0.2) is 0 Å². The fourth-order valence-electron chi connectivity index (χ4n) is 1.71. The van der Waals surface area contributed by atoms with E-state index in [4.69, 9.17) is 4.74 Å². The first-order valence-corrected chi connectivity index (χ1v) is 5.77. The predicted octanol–water partition coefficient (Wildman–Crippen LogP) is 2.76. The number of phenols is 1. The third-order valence-corrected chi connectivity index (χ3v) is 2.69. The van der Waals surface area contributed by atoms with Gasteiger partial charge in [-0.1, -0.05) is 12.1 Å². The van der Waals surface area contributed by atoms with Crippen LogP contribution in [-0.2, 0) is 0 Å². The normalized spacial score (nSPS) is 10.0. The first-order valence-electron chi connectivity index (χ1n) is 5.77. The number of rotatable bonds is 3. The Morgan fingerprint density at radius 3 is 2.84 bits per heavy atom. The van der Waals surface area contributed by atoms with Gasteiger partial charge in [-0.05, 0) is 42.8 Å². The van der Waals surface area contributed by atoms with Crippen molar-refractivity contribution in [2.45, 2.75) is 6.92 Å². The Morgan fingerprint density at radius 1 is 1.37 bits per heavy atom. The lowest BCUT2D eigenvalue weighted by Crippen LogP contribution is -2.13. The van der Waals surface area contributed by atoms with Crippen molar-refractivity contribution >= 4 is 11.6 Å². The summed E-state index contributed by atoms with van der Waals surface area (Å²) in [5, 5.41) is 12.3. The summed E-state index contributed by atoms with van der Waals surface area (Å²) >= 11 is 0. The summed E-state index contributed by atoms with van der Waals surface area (Å²) < 4.78 is 5.18. The average molecular weight is 256 g/mol. The second-order valence-electron chi connectivity index (χ2n) is 4.10. The van der Waals surface area contributed by atoms with Crippen molar-refractivity contribution in [3.05, 3.63) is 53.6 Å². The van der Waals surface area contributed by atoms with Gasteiger partial charge >= 0.3 is 0 Å². The number of hydrogen-bond donors (Lipinski definition) is 2. The summed E-state index contributed by atoms with van der Waals surface area (Å²) in [6, 6.07) is 12.6. The molecule has 1 amide bonds. The van der Waals surface area contributed by atoms with Crippen molar-refractivity contribution in [3.63, 3.8) is 0 Å². The van der Waals surface area contributed by atoms with Crippen molar-refractivity contribution in [2.75, 3.05) is 12.4 Å². The molecule has 0 aromatic heterocycles. The Labute approximate surface area is 111 Å². The number of nitrogens with one attached hydrogen (secondary N) is 1. The number of ether oxygens (including phenoxy) is 1. The number of benzene rings is 2. The highest BCUT2D eigenvalue weighted by molar-refractivity contribution is 6.06. The summed E-state index contributed by atoms with van der Waals surface area (Å²) in [5.41, 5.74) is 1.74. The van der Waals surface area contributed by atoms with Crippen molar-refractivity contribution in [1.82, 2.24) is 0 Å². The Balaban J connectivity index is 2.29. The van der Waals surface area contributed by atoms with Crippen molar-refractivity contribution in [3.8, 4) is 11.5 Å². The highest BCUT2D eigenvalue weighted by Crippen LogP contribution is 2.26. The maximum absolute atomic E-state index is 12.1. The van der Waals surface area contributed by atoms with E-state index in [1.54, 1.807) is 18.2 Å². The van der Waals surface area contributed by atoms with E-state index >= 15 is 0 Å². The van der Waals surface area contributed by atoms with Gasteiger partial charge in [0.05, 0.1) is 18.4 Å². The fourth-order valence-corrected chi connectivity index (χ4v) is 1.71. The van der Waals surface area contributed by atoms with E-state index in [1.807, 2.05) is 13.0 Å². The minimum Gasteiger partial charge on any atom is -0.507 e. The average Bonchev–Trinajstić information content (AvgIpc) is 2.39. The van der Waals surface area contributed by atoms with Crippen LogP contribution >= 0.6 is 0 Å². The number of hydrogen-bond acceptors (Lipinski definition) is 3. The Kier molecular flexibility index (Phi) is 3.71. The number of phenolic OH excluding ortho intramolecular Hbond substituents is 1. The van der Waals surface area contributed by atoms with Crippen LogP contribution in [0.3, 0.4) is 0 Å². The molecule has 19 heavy (non-hydrogen) atoms. The third-order valence-electron chi connectivity index (χ3n) is 2.69. The molecule has 97 valence electrons. The van der Waals surface area contributed by atoms with Gasteiger partial charge in [0.1, 0.15) is 11.5 Å². The predicted molar refractivity (Wildman–Crippen MR) is 72.6 cm³/mol. The van der Waals surface area contributed by atoms with Crippen LogP contribution in [0.4, 0.5) is 5.69 Å². The maximum Gasteiger partial charge on any atom is 0.259 e. The Morgan fingerprint density at radius 2 is 2.16 bits per heavy atom. The Bertz CT molecular complexity index is 608. The molecule has 0 saturated heterocycles. The smallest absolute Gasteiger partial charge is 0.259 e. The second-order valence-corrected chi connectivity index (χ2v) is 4.10. The molecule has 4 nitrogen and oxygen atoms in total. The van der Waals surface area contributed by atoms with E-state index in [1.165, 1.54) is 19.2 Å². The summed E-state index contributed by atoms with van der Waals surface area (Å²) in [6.07, 6.45) is 0. The van der Waals surface area contributed by atoms with Gasteiger partial charge in [0.2, 0.25) is 0 Å². The summed E-state index contributed by atoms with van der Waals surface area (Å²) in [7, 11) is 1.54. The summed E-state index contributed by atoms with van der Waals surface area (Å²) in [4.78, 5) is 12.1. The van der Waals surface area contributed by atoms with Gasteiger partial charge in [0.25, 0.3) is 5.91 Å². The van der Waals surface area contributed by atoms with E-state index < -0.39 is 5.91 Å². The molecule has 0 unspecified atom stereocenters. The number of carbonyl (C=O) groups is 1. The number of amides is 1. The molecule has 2 aromatic rings. The first kappa shape index (κ1) is 13.0. The van der Waals surface area contributed by atoms with Crippen molar-refractivity contribution in [1.29, 1.82) is 0 Å². The zero-order chi connectivity index (χ0) is 13.8. The van der Waals surface area contributed by atoms with Crippen LogP contribution in [0.25, 0.3) is 0 Å². The van der Waals surface area contributed by atoms with Crippen LogP contribution in [0.5, 0.6) is 11.5 Å². The molecule has 0 heterocycles. The van der Waals surface area contributed by atoms with Gasteiger partial charge < -0.3 is 15.2 Å². The Hall–Kier alpha value is -2.49. The molecule has 0 atom stereocenters. The fraction of sp³-hybridized carbons (Fsp3) is 0.133. The van der Waals surface area contributed by atoms with Gasteiger partial charge in [-0.15, -0.1) is 0 Å². The van der Waals surface area contributed by atoms with E-state index in [9.17, 15) is 9.90 Å². The van der Waals surface area contributed by atoms with E-state index in [2.05, 4.69) is 11.4 Å². The van der Waals surface area contributed by atoms with Crippen molar-refractivity contribution < 1.29 is 14.6 Å². The number of methoxy groups -OCH3 is 1. The molecule has 0 fully saturated rings. The van der Waals surface area contributed by atoms with Crippen molar-refractivity contribution in [2.24, 2.45) is 0 Å². The SMILES string of the molecule is COc1ccc(C)cc1NC(=O)c1c[c]ccc1O. The lowest BCUT2D eigenvalue weighted by molar-refractivity contribution is 0.102. The second kappa shape index (κ2) is 5.44.